The van der Waals surface area contributed by atoms with Gasteiger partial charge in [-0.1, -0.05) is 0 Å². The molecule has 1 saturated heterocycles. The van der Waals surface area contributed by atoms with Crippen LogP contribution in [0.2, 0.25) is 0 Å². The summed E-state index contributed by atoms with van der Waals surface area (Å²) in [6.07, 6.45) is 3.10. The van der Waals surface area contributed by atoms with Gasteiger partial charge in [0.25, 0.3) is 0 Å². The Kier molecular flexibility index (Phi) is 4.05. The van der Waals surface area contributed by atoms with E-state index in [0.717, 1.165) is 0 Å². The minimum Gasteiger partial charge on any atom is -0.393 e. The molecule has 0 radical (unpaired) electrons. The molecule has 0 amide bonds. The molecule has 0 saturated carbocycles. The third-order valence-electron chi connectivity index (χ3n) is 3.19. The minimum absolute atomic E-state index is 0.0138. The number of rotatable bonds is 3. The van der Waals surface area contributed by atoms with Gasteiger partial charge < -0.3 is 5.11 Å². The first-order chi connectivity index (χ1) is 8.41. The van der Waals surface area contributed by atoms with E-state index in [-0.39, 0.29) is 10.8 Å². The fourth-order valence-electron chi connectivity index (χ4n) is 2.05. The van der Waals surface area contributed by atoms with Gasteiger partial charge in [0.15, 0.2) is 0 Å². The lowest BCUT2D eigenvalue weighted by molar-refractivity contribution is 0.133. The number of hydrogen-bond donors (Lipinski definition) is 1. The average molecular weight is 335 g/mol. The standard InChI is InChI=1S/C11H15BrN2O3S/c1-8(15)9-2-3-14(7-9)18(16,17)11-4-10(12)5-13-6-11/h4-6,8-9,15H,2-3,7H2,1H3. The van der Waals surface area contributed by atoms with Crippen LogP contribution in [0.15, 0.2) is 27.8 Å². The molecule has 0 bridgehead atoms. The molecule has 7 heteroatoms. The largest absolute Gasteiger partial charge is 0.393 e. The van der Waals surface area contributed by atoms with Crippen LogP contribution in [0.3, 0.4) is 0 Å². The van der Waals surface area contributed by atoms with Crippen molar-refractivity contribution in [3.8, 4) is 0 Å². The Labute approximate surface area is 115 Å². The smallest absolute Gasteiger partial charge is 0.244 e. The number of nitrogens with zero attached hydrogens (tertiary/aromatic N) is 2. The van der Waals surface area contributed by atoms with Crippen LogP contribution in [0.4, 0.5) is 0 Å². The summed E-state index contributed by atoms with van der Waals surface area (Å²) in [7, 11) is -3.50. The van der Waals surface area contributed by atoms with E-state index in [1.165, 1.54) is 16.6 Å². The van der Waals surface area contributed by atoms with Crippen molar-refractivity contribution in [2.24, 2.45) is 5.92 Å². The Hall–Kier alpha value is -0.500. The van der Waals surface area contributed by atoms with Gasteiger partial charge in [0.1, 0.15) is 4.90 Å². The van der Waals surface area contributed by atoms with Crippen LogP contribution in [0.1, 0.15) is 13.3 Å². The molecular weight excluding hydrogens is 320 g/mol. The fourth-order valence-corrected chi connectivity index (χ4v) is 4.07. The maximum absolute atomic E-state index is 12.3. The maximum atomic E-state index is 12.3. The lowest BCUT2D eigenvalue weighted by atomic mass is 10.0. The molecule has 0 aliphatic carbocycles. The van der Waals surface area contributed by atoms with Crippen molar-refractivity contribution in [2.45, 2.75) is 24.3 Å². The van der Waals surface area contributed by atoms with Crippen molar-refractivity contribution in [3.63, 3.8) is 0 Å². The Bertz CT molecular complexity index is 533. The summed E-state index contributed by atoms with van der Waals surface area (Å²) in [5.41, 5.74) is 0. The Morgan fingerprint density at radius 3 is 2.83 bits per heavy atom. The molecule has 1 fully saturated rings. The van der Waals surface area contributed by atoms with Crippen molar-refractivity contribution < 1.29 is 13.5 Å². The molecule has 1 aliphatic heterocycles. The highest BCUT2D eigenvalue weighted by Crippen LogP contribution is 2.26. The van der Waals surface area contributed by atoms with E-state index in [1.807, 2.05) is 0 Å². The molecule has 1 aliphatic rings. The van der Waals surface area contributed by atoms with Crippen molar-refractivity contribution in [3.05, 3.63) is 22.9 Å². The van der Waals surface area contributed by atoms with E-state index >= 15 is 0 Å². The van der Waals surface area contributed by atoms with Crippen molar-refractivity contribution >= 4 is 26.0 Å². The van der Waals surface area contributed by atoms with Crippen molar-refractivity contribution in [2.75, 3.05) is 13.1 Å². The molecule has 1 aromatic rings. The number of aliphatic hydroxyl groups is 1. The average Bonchev–Trinajstić information content (AvgIpc) is 2.79. The quantitative estimate of drug-likeness (QED) is 0.902. The van der Waals surface area contributed by atoms with Crippen LogP contribution >= 0.6 is 15.9 Å². The van der Waals surface area contributed by atoms with Gasteiger partial charge >= 0.3 is 0 Å². The summed E-state index contributed by atoms with van der Waals surface area (Å²) in [6.45, 7) is 2.51. The van der Waals surface area contributed by atoms with Gasteiger partial charge in [0, 0.05) is 30.0 Å². The van der Waals surface area contributed by atoms with Crippen LogP contribution in [-0.4, -0.2) is 42.0 Å². The van der Waals surface area contributed by atoms with Gasteiger partial charge in [0.05, 0.1) is 6.10 Å². The van der Waals surface area contributed by atoms with E-state index in [1.54, 1.807) is 13.1 Å². The zero-order valence-electron chi connectivity index (χ0n) is 9.95. The topological polar surface area (TPSA) is 70.5 Å². The molecule has 5 nitrogen and oxygen atoms in total. The normalized spacial score (nSPS) is 23.2. The summed E-state index contributed by atoms with van der Waals surface area (Å²) in [4.78, 5) is 4.06. The first-order valence-electron chi connectivity index (χ1n) is 5.70. The number of halogens is 1. The van der Waals surface area contributed by atoms with Gasteiger partial charge in [0.2, 0.25) is 10.0 Å². The number of pyridine rings is 1. The van der Waals surface area contributed by atoms with Gasteiger partial charge in [-0.2, -0.15) is 4.31 Å². The predicted molar refractivity (Wildman–Crippen MR) is 70.5 cm³/mol. The minimum atomic E-state index is -3.50. The monoisotopic (exact) mass is 334 g/mol. The first-order valence-corrected chi connectivity index (χ1v) is 7.93. The molecule has 2 atom stereocenters. The number of aliphatic hydroxyl groups excluding tert-OH is 1. The first kappa shape index (κ1) is 13.9. The van der Waals surface area contributed by atoms with Gasteiger partial charge in [-0.15, -0.1) is 0 Å². The Balaban J connectivity index is 2.23. The second kappa shape index (κ2) is 5.24. The SMILES string of the molecule is CC(O)C1CCN(S(=O)(=O)c2cncc(Br)c2)C1. The summed E-state index contributed by atoms with van der Waals surface area (Å²) < 4.78 is 26.7. The summed E-state index contributed by atoms with van der Waals surface area (Å²) in [6, 6.07) is 1.54. The van der Waals surface area contributed by atoms with Crippen molar-refractivity contribution in [1.82, 2.24) is 9.29 Å². The Morgan fingerprint density at radius 2 is 2.28 bits per heavy atom. The van der Waals surface area contributed by atoms with Crippen molar-refractivity contribution in [1.29, 1.82) is 0 Å². The zero-order chi connectivity index (χ0) is 13.3. The maximum Gasteiger partial charge on any atom is 0.244 e. The molecule has 0 aromatic carbocycles. The second-order valence-corrected chi connectivity index (χ2v) is 7.34. The molecule has 2 unspecified atom stereocenters. The Morgan fingerprint density at radius 1 is 1.56 bits per heavy atom. The van der Waals surface area contributed by atoms with Gasteiger partial charge in [-0.05, 0) is 41.3 Å². The summed E-state index contributed by atoms with van der Waals surface area (Å²) >= 11 is 3.21. The van der Waals surface area contributed by atoms with E-state index < -0.39 is 16.1 Å². The van der Waals surface area contributed by atoms with Crippen LogP contribution in [0.25, 0.3) is 0 Å². The number of hydrogen-bond acceptors (Lipinski definition) is 4. The molecule has 2 heterocycles. The third-order valence-corrected chi connectivity index (χ3v) is 5.45. The molecule has 100 valence electrons. The van der Waals surface area contributed by atoms with E-state index in [0.29, 0.717) is 24.0 Å². The van der Waals surface area contributed by atoms with E-state index in [2.05, 4.69) is 20.9 Å². The predicted octanol–water partition coefficient (Wildman–Crippen LogP) is 1.24. The number of sulfonamides is 1. The molecule has 0 spiro atoms. The summed E-state index contributed by atoms with van der Waals surface area (Å²) in [5.74, 6) is 0.0138. The third kappa shape index (κ3) is 2.74. The zero-order valence-corrected chi connectivity index (χ0v) is 12.4. The fraction of sp³-hybridized carbons (Fsp3) is 0.545. The molecule has 2 rings (SSSR count). The highest BCUT2D eigenvalue weighted by Gasteiger charge is 2.34. The molecule has 1 aromatic heterocycles. The van der Waals surface area contributed by atoms with E-state index in [4.69, 9.17) is 0 Å². The van der Waals surface area contributed by atoms with Crippen LogP contribution < -0.4 is 0 Å². The van der Waals surface area contributed by atoms with Gasteiger partial charge in [-0.3, -0.25) is 4.98 Å². The van der Waals surface area contributed by atoms with E-state index in [9.17, 15) is 13.5 Å². The summed E-state index contributed by atoms with van der Waals surface area (Å²) in [5, 5.41) is 9.51. The van der Waals surface area contributed by atoms with Crippen LogP contribution in [-0.2, 0) is 10.0 Å². The highest BCUT2D eigenvalue weighted by atomic mass is 79.9. The molecule has 18 heavy (non-hydrogen) atoms. The second-order valence-electron chi connectivity index (χ2n) is 4.49. The van der Waals surface area contributed by atoms with Crippen LogP contribution in [0.5, 0.6) is 0 Å². The lowest BCUT2D eigenvalue weighted by Crippen LogP contribution is -2.30. The number of aromatic nitrogens is 1. The molecular formula is C11H15BrN2O3S. The van der Waals surface area contributed by atoms with Gasteiger partial charge in [-0.25, -0.2) is 8.42 Å². The molecule has 1 N–H and O–H groups in total. The highest BCUT2D eigenvalue weighted by molar-refractivity contribution is 9.10. The van der Waals surface area contributed by atoms with Crippen LogP contribution in [0, 0.1) is 5.92 Å². The lowest BCUT2D eigenvalue weighted by Gasteiger charge is -2.17.